The number of hydrogen-bond donors (Lipinski definition) is 1. The van der Waals surface area contributed by atoms with Crippen LogP contribution in [0.5, 0.6) is 5.75 Å². The second kappa shape index (κ2) is 7.38. The normalized spacial score (nSPS) is 16.8. The van der Waals surface area contributed by atoms with Gasteiger partial charge in [0.05, 0.1) is 18.8 Å². The van der Waals surface area contributed by atoms with Gasteiger partial charge in [0.25, 0.3) is 5.91 Å². The largest absolute Gasteiger partial charge is 0.484 e. The molecule has 1 aromatic carbocycles. The number of carbonyl (C=O) groups is 2. The molecule has 2 heterocycles. The molecule has 1 atom stereocenters. The fourth-order valence-corrected chi connectivity index (χ4v) is 3.08. The smallest absolute Gasteiger partial charge is 0.260 e. The van der Waals surface area contributed by atoms with Gasteiger partial charge in [0.2, 0.25) is 5.91 Å². The Balaban J connectivity index is 1.55. The van der Waals surface area contributed by atoms with Crippen molar-refractivity contribution in [3.8, 4) is 5.75 Å². The van der Waals surface area contributed by atoms with E-state index in [0.717, 1.165) is 24.9 Å². The molecule has 0 saturated carbocycles. The van der Waals surface area contributed by atoms with Gasteiger partial charge in [-0.25, -0.2) is 0 Å². The van der Waals surface area contributed by atoms with E-state index < -0.39 is 5.91 Å². The number of benzene rings is 1. The molecule has 132 valence electrons. The second-order valence-corrected chi connectivity index (χ2v) is 6.30. The Morgan fingerprint density at radius 3 is 2.72 bits per heavy atom. The van der Waals surface area contributed by atoms with Crippen LogP contribution in [0.1, 0.15) is 28.8 Å². The predicted molar refractivity (Wildman–Crippen MR) is 92.2 cm³/mol. The molecule has 0 spiro atoms. The van der Waals surface area contributed by atoms with Gasteiger partial charge in [-0.15, -0.1) is 0 Å². The molecule has 0 radical (unpaired) electrons. The van der Waals surface area contributed by atoms with E-state index in [1.807, 2.05) is 28.9 Å². The van der Waals surface area contributed by atoms with E-state index in [-0.39, 0.29) is 18.6 Å². The van der Waals surface area contributed by atoms with Gasteiger partial charge in [-0.1, -0.05) is 0 Å². The highest BCUT2D eigenvalue weighted by atomic mass is 16.5. The minimum absolute atomic E-state index is 0.0233. The van der Waals surface area contributed by atoms with Crippen molar-refractivity contribution in [1.29, 1.82) is 0 Å². The number of ether oxygens (including phenoxy) is 1. The predicted octanol–water partition coefficient (Wildman–Crippen LogP) is 1.36. The Morgan fingerprint density at radius 1 is 1.32 bits per heavy atom. The molecule has 0 aliphatic carbocycles. The number of nitrogens with zero attached hydrogens (tertiary/aromatic N) is 3. The highest BCUT2D eigenvalue weighted by Gasteiger charge is 2.29. The van der Waals surface area contributed by atoms with Gasteiger partial charge in [-0.05, 0) is 49.6 Å². The van der Waals surface area contributed by atoms with Crippen molar-refractivity contribution < 1.29 is 14.3 Å². The molecule has 7 heteroatoms. The van der Waals surface area contributed by atoms with Gasteiger partial charge in [0.15, 0.2) is 6.61 Å². The molecule has 3 rings (SSSR count). The summed E-state index contributed by atoms with van der Waals surface area (Å²) in [4.78, 5) is 25.4. The molecule has 1 aliphatic heterocycles. The molecule has 7 nitrogen and oxygen atoms in total. The van der Waals surface area contributed by atoms with Crippen molar-refractivity contribution in [2.24, 2.45) is 5.73 Å². The van der Waals surface area contributed by atoms with Gasteiger partial charge in [-0.3, -0.25) is 14.3 Å². The van der Waals surface area contributed by atoms with E-state index in [2.05, 4.69) is 5.10 Å². The number of nitrogens with two attached hydrogens (primary N) is 1. The van der Waals surface area contributed by atoms with Crippen molar-refractivity contribution in [3.63, 3.8) is 0 Å². The van der Waals surface area contributed by atoms with Crippen LogP contribution in [0.3, 0.4) is 0 Å². The van der Waals surface area contributed by atoms with Gasteiger partial charge in [0, 0.05) is 18.3 Å². The lowest BCUT2D eigenvalue weighted by molar-refractivity contribution is -0.134. The summed E-state index contributed by atoms with van der Waals surface area (Å²) in [7, 11) is 0. The van der Waals surface area contributed by atoms with E-state index in [0.29, 0.717) is 17.9 Å². The molecule has 2 amide bonds. The molecular formula is C18H22N4O3. The number of aryl methyl sites for hydroxylation is 1. The number of likely N-dealkylation sites (tertiary alicyclic amines) is 1. The molecule has 1 unspecified atom stereocenters. The molecule has 2 N–H and O–H groups in total. The molecule has 1 aliphatic rings. The van der Waals surface area contributed by atoms with Gasteiger partial charge >= 0.3 is 0 Å². The first-order valence-electron chi connectivity index (χ1n) is 8.34. The van der Waals surface area contributed by atoms with E-state index in [4.69, 9.17) is 10.5 Å². The number of carbonyl (C=O) groups excluding carboxylic acids is 2. The summed E-state index contributed by atoms with van der Waals surface area (Å²) in [6, 6.07) is 6.59. The lowest BCUT2D eigenvalue weighted by Gasteiger charge is -2.24. The average molecular weight is 342 g/mol. The minimum Gasteiger partial charge on any atom is -0.484 e. The third kappa shape index (κ3) is 4.17. The number of amides is 2. The maximum atomic E-state index is 12.5. The Morgan fingerprint density at radius 2 is 2.08 bits per heavy atom. The summed E-state index contributed by atoms with van der Waals surface area (Å²) in [5.41, 5.74) is 6.72. The number of primary amides is 1. The average Bonchev–Trinajstić information content (AvgIpc) is 3.22. The zero-order chi connectivity index (χ0) is 17.8. The van der Waals surface area contributed by atoms with Crippen LogP contribution >= 0.6 is 0 Å². The van der Waals surface area contributed by atoms with Crippen molar-refractivity contribution in [3.05, 3.63) is 47.8 Å². The lowest BCUT2D eigenvalue weighted by atomic mass is 10.2. The van der Waals surface area contributed by atoms with Crippen LogP contribution in [0, 0.1) is 6.92 Å². The monoisotopic (exact) mass is 342 g/mol. The second-order valence-electron chi connectivity index (χ2n) is 6.30. The maximum Gasteiger partial charge on any atom is 0.260 e. The van der Waals surface area contributed by atoms with E-state index >= 15 is 0 Å². The quantitative estimate of drug-likeness (QED) is 0.858. The fourth-order valence-electron chi connectivity index (χ4n) is 3.08. The topological polar surface area (TPSA) is 90.4 Å². The fraction of sp³-hybridized carbons (Fsp3) is 0.389. The van der Waals surface area contributed by atoms with Crippen LogP contribution in [0.15, 0.2) is 36.7 Å². The van der Waals surface area contributed by atoms with Crippen molar-refractivity contribution in [2.75, 3.05) is 13.2 Å². The van der Waals surface area contributed by atoms with Crippen LogP contribution in [-0.4, -0.2) is 45.7 Å². The van der Waals surface area contributed by atoms with Gasteiger partial charge in [-0.2, -0.15) is 5.10 Å². The standard InChI is InChI=1S/C18H22N4O3/c1-13-9-20-21(10-13)11-15-3-2-8-22(15)17(23)12-25-16-6-4-14(5-7-16)18(19)24/h4-7,9-10,15H,2-3,8,11-12H2,1H3,(H2,19,24). The van der Waals surface area contributed by atoms with Crippen molar-refractivity contribution in [1.82, 2.24) is 14.7 Å². The summed E-state index contributed by atoms with van der Waals surface area (Å²) in [5.74, 6) is 0.0125. The van der Waals surface area contributed by atoms with Gasteiger partial charge < -0.3 is 15.4 Å². The third-order valence-electron chi connectivity index (χ3n) is 4.36. The van der Waals surface area contributed by atoms with E-state index in [1.54, 1.807) is 24.3 Å². The third-order valence-corrected chi connectivity index (χ3v) is 4.36. The molecule has 2 aromatic rings. The molecule has 1 fully saturated rings. The first-order valence-corrected chi connectivity index (χ1v) is 8.34. The van der Waals surface area contributed by atoms with Crippen LogP contribution in [0.4, 0.5) is 0 Å². The Bertz CT molecular complexity index is 754. The maximum absolute atomic E-state index is 12.5. The minimum atomic E-state index is -0.489. The molecule has 1 saturated heterocycles. The van der Waals surface area contributed by atoms with Crippen LogP contribution in [-0.2, 0) is 11.3 Å². The zero-order valence-electron chi connectivity index (χ0n) is 14.2. The first-order chi connectivity index (χ1) is 12.0. The Labute approximate surface area is 146 Å². The highest BCUT2D eigenvalue weighted by molar-refractivity contribution is 5.92. The summed E-state index contributed by atoms with van der Waals surface area (Å²) >= 11 is 0. The lowest BCUT2D eigenvalue weighted by Crippen LogP contribution is -2.40. The van der Waals surface area contributed by atoms with Crippen molar-refractivity contribution >= 4 is 11.8 Å². The van der Waals surface area contributed by atoms with Gasteiger partial charge in [0.1, 0.15) is 5.75 Å². The SMILES string of the molecule is Cc1cnn(CC2CCCN2C(=O)COc2ccc(C(N)=O)cc2)c1. The first kappa shape index (κ1) is 17.0. The number of rotatable bonds is 6. The number of aromatic nitrogens is 2. The Hall–Kier alpha value is -2.83. The van der Waals surface area contributed by atoms with Crippen LogP contribution in [0.2, 0.25) is 0 Å². The van der Waals surface area contributed by atoms with E-state index in [1.165, 1.54) is 0 Å². The van der Waals surface area contributed by atoms with E-state index in [9.17, 15) is 9.59 Å². The zero-order valence-corrected chi connectivity index (χ0v) is 14.2. The summed E-state index contributed by atoms with van der Waals surface area (Å²) in [6.07, 6.45) is 5.76. The molecule has 25 heavy (non-hydrogen) atoms. The van der Waals surface area contributed by atoms with Crippen LogP contribution < -0.4 is 10.5 Å². The van der Waals surface area contributed by atoms with Crippen molar-refractivity contribution in [2.45, 2.75) is 32.4 Å². The summed E-state index contributed by atoms with van der Waals surface area (Å²) < 4.78 is 7.44. The number of hydrogen-bond acceptors (Lipinski definition) is 4. The highest BCUT2D eigenvalue weighted by Crippen LogP contribution is 2.20. The summed E-state index contributed by atoms with van der Waals surface area (Å²) in [6.45, 7) is 3.42. The molecule has 1 aromatic heterocycles. The summed E-state index contributed by atoms with van der Waals surface area (Å²) in [5, 5.41) is 4.30. The molecule has 0 bridgehead atoms. The Kier molecular flexibility index (Phi) is 5.02. The van der Waals surface area contributed by atoms with Crippen LogP contribution in [0.25, 0.3) is 0 Å². The molecular weight excluding hydrogens is 320 g/mol.